The molecule has 0 atom stereocenters. The van der Waals surface area contributed by atoms with Crippen molar-refractivity contribution >= 4 is 21.8 Å². The zero-order valence-corrected chi connectivity index (χ0v) is 26.6. The molecule has 0 fully saturated rings. The van der Waals surface area contributed by atoms with E-state index in [1.165, 1.54) is 6.07 Å². The van der Waals surface area contributed by atoms with E-state index in [-0.39, 0.29) is 5.82 Å². The van der Waals surface area contributed by atoms with Gasteiger partial charge in [0.05, 0.1) is 39.9 Å². The maximum absolute atomic E-state index is 14.0. The molecule has 51 heavy (non-hydrogen) atoms. The van der Waals surface area contributed by atoms with Gasteiger partial charge in [0.25, 0.3) is 0 Å². The van der Waals surface area contributed by atoms with Crippen LogP contribution in [0.3, 0.4) is 0 Å². The summed E-state index contributed by atoms with van der Waals surface area (Å²) >= 11 is 0. The third-order valence-electron chi connectivity index (χ3n) is 8.73. The summed E-state index contributed by atoms with van der Waals surface area (Å²) in [6.45, 7) is 0. The molecule has 0 saturated carbocycles. The highest BCUT2D eigenvalue weighted by atomic mass is 19.4. The van der Waals surface area contributed by atoms with E-state index in [0.717, 1.165) is 45.1 Å². The summed E-state index contributed by atoms with van der Waals surface area (Å²) in [4.78, 5) is 14.6. The van der Waals surface area contributed by atoms with Crippen molar-refractivity contribution in [2.75, 3.05) is 0 Å². The van der Waals surface area contributed by atoms with Crippen molar-refractivity contribution in [3.8, 4) is 63.1 Å². The van der Waals surface area contributed by atoms with Crippen LogP contribution in [0.1, 0.15) is 16.7 Å². The second-order valence-corrected chi connectivity index (χ2v) is 11.9. The van der Waals surface area contributed by atoms with E-state index in [1.807, 2.05) is 89.5 Å². The fourth-order valence-corrected chi connectivity index (χ4v) is 6.34. The van der Waals surface area contributed by atoms with E-state index in [0.29, 0.717) is 45.2 Å². The number of hydrogen-bond acceptors (Lipinski definition) is 5. The van der Waals surface area contributed by atoms with E-state index in [1.54, 1.807) is 36.4 Å². The number of rotatable bonds is 5. The molecule has 0 N–H and O–H groups in total. The van der Waals surface area contributed by atoms with Crippen LogP contribution in [0.4, 0.5) is 13.2 Å². The van der Waals surface area contributed by atoms with E-state index in [9.17, 15) is 23.7 Å². The molecule has 0 aliphatic carbocycles. The van der Waals surface area contributed by atoms with E-state index in [4.69, 9.17) is 15.0 Å². The first-order valence-electron chi connectivity index (χ1n) is 15.9. The van der Waals surface area contributed by atoms with E-state index < -0.39 is 11.7 Å². The Morgan fingerprint density at radius 2 is 1.02 bits per heavy atom. The molecule has 0 aliphatic heterocycles. The number of benzene rings is 6. The van der Waals surface area contributed by atoms with Crippen molar-refractivity contribution in [2.24, 2.45) is 0 Å². The van der Waals surface area contributed by atoms with Gasteiger partial charge in [-0.05, 0) is 59.7 Å². The van der Waals surface area contributed by atoms with Crippen molar-refractivity contribution in [3.63, 3.8) is 0 Å². The van der Waals surface area contributed by atoms with Crippen LogP contribution in [0, 0.1) is 22.7 Å². The van der Waals surface area contributed by atoms with Crippen LogP contribution in [-0.2, 0) is 6.18 Å². The Balaban J connectivity index is 1.46. The quantitative estimate of drug-likeness (QED) is 0.182. The minimum atomic E-state index is -4.55. The second-order valence-electron chi connectivity index (χ2n) is 11.9. The molecule has 2 aromatic heterocycles. The summed E-state index contributed by atoms with van der Waals surface area (Å²) in [5, 5.41) is 21.3. The van der Waals surface area contributed by atoms with E-state index >= 15 is 0 Å². The summed E-state index contributed by atoms with van der Waals surface area (Å²) in [6, 6.07) is 44.6. The first-order valence-corrected chi connectivity index (χ1v) is 15.9. The van der Waals surface area contributed by atoms with Gasteiger partial charge in [0.15, 0.2) is 17.5 Å². The van der Waals surface area contributed by atoms with Crippen LogP contribution in [0.2, 0.25) is 0 Å². The molecule has 0 radical (unpaired) electrons. The number of halogens is 3. The number of fused-ring (bicyclic) bond motifs is 3. The molecule has 8 aromatic rings. The Bertz CT molecular complexity index is 2580. The van der Waals surface area contributed by atoms with Gasteiger partial charge in [0, 0.05) is 33.2 Å². The number of hydrogen-bond donors (Lipinski definition) is 0. The van der Waals surface area contributed by atoms with Crippen LogP contribution < -0.4 is 0 Å². The van der Waals surface area contributed by atoms with Gasteiger partial charge >= 0.3 is 6.18 Å². The summed E-state index contributed by atoms with van der Waals surface area (Å²) in [5.74, 6) is 1.05. The van der Waals surface area contributed by atoms with Crippen molar-refractivity contribution in [1.82, 2.24) is 19.5 Å². The predicted molar refractivity (Wildman–Crippen MR) is 190 cm³/mol. The van der Waals surface area contributed by atoms with Crippen molar-refractivity contribution in [3.05, 3.63) is 156 Å². The molecule has 6 aromatic carbocycles. The second kappa shape index (κ2) is 12.4. The Labute approximate surface area is 290 Å². The van der Waals surface area contributed by atoms with Crippen LogP contribution in [-0.4, -0.2) is 19.5 Å². The number of nitrogens with zero attached hydrogens (tertiary/aromatic N) is 6. The minimum Gasteiger partial charge on any atom is -0.309 e. The molecule has 0 unspecified atom stereocenters. The van der Waals surface area contributed by atoms with Crippen LogP contribution in [0.5, 0.6) is 0 Å². The lowest BCUT2D eigenvalue weighted by Gasteiger charge is -2.16. The lowest BCUT2D eigenvalue weighted by Crippen LogP contribution is -2.05. The summed E-state index contributed by atoms with van der Waals surface area (Å²) < 4.78 is 43.9. The third-order valence-corrected chi connectivity index (χ3v) is 8.73. The molecule has 6 nitrogen and oxygen atoms in total. The summed E-state index contributed by atoms with van der Waals surface area (Å²) in [7, 11) is 0. The first-order chi connectivity index (χ1) is 24.8. The fraction of sp³-hybridized carbons (Fsp3) is 0.0238. The molecule has 8 rings (SSSR count). The number of aromatic nitrogens is 4. The van der Waals surface area contributed by atoms with Gasteiger partial charge in [0.1, 0.15) is 0 Å². The lowest BCUT2D eigenvalue weighted by atomic mass is 9.96. The highest BCUT2D eigenvalue weighted by Gasteiger charge is 2.31. The average Bonchev–Trinajstić information content (AvgIpc) is 3.50. The van der Waals surface area contributed by atoms with Crippen LogP contribution in [0.25, 0.3) is 72.8 Å². The van der Waals surface area contributed by atoms with Gasteiger partial charge in [-0.1, -0.05) is 91.0 Å². The highest BCUT2D eigenvalue weighted by Crippen LogP contribution is 2.40. The normalized spacial score (nSPS) is 11.4. The van der Waals surface area contributed by atoms with Gasteiger partial charge < -0.3 is 4.57 Å². The SMILES string of the molecule is N#Cc1ccc2c3ccc(C#N)cc3n(-c3ccc(-c4cccc(C(F)(F)F)c4)c(-c4nc(-c5ccccc5)nc(-c5ccccc5)n4)c3)c2c1. The molecule has 0 spiro atoms. The molecular weight excluding hydrogens is 645 g/mol. The Morgan fingerprint density at radius 1 is 0.490 bits per heavy atom. The molecule has 9 heteroatoms. The average molecular weight is 669 g/mol. The van der Waals surface area contributed by atoms with Gasteiger partial charge in [-0.3, -0.25) is 0 Å². The zero-order chi connectivity index (χ0) is 35.1. The van der Waals surface area contributed by atoms with Gasteiger partial charge in [0.2, 0.25) is 0 Å². The maximum atomic E-state index is 14.0. The molecular formula is C42H23F3N6. The first kappa shape index (κ1) is 31.2. The maximum Gasteiger partial charge on any atom is 0.416 e. The lowest BCUT2D eigenvalue weighted by molar-refractivity contribution is -0.137. The topological polar surface area (TPSA) is 91.2 Å². The smallest absolute Gasteiger partial charge is 0.309 e. The van der Waals surface area contributed by atoms with Gasteiger partial charge in [-0.2, -0.15) is 23.7 Å². The standard InChI is InChI=1S/C42H23F3N6/c43-42(44,45)31-13-7-12-30(22-31)33-19-16-32(51-37-20-26(24-46)14-17-34(37)35-18-15-27(25-47)21-38(35)51)23-36(33)41-49-39(28-8-3-1-4-9-28)48-40(50-41)29-10-5-2-6-11-29/h1-23H. The van der Waals surface area contributed by atoms with Crippen molar-refractivity contribution < 1.29 is 13.2 Å². The van der Waals surface area contributed by atoms with Crippen molar-refractivity contribution in [2.45, 2.75) is 6.18 Å². The Hall–Kier alpha value is -7.10. The molecule has 2 heterocycles. The number of alkyl halides is 3. The summed E-state index contributed by atoms with van der Waals surface area (Å²) in [6.07, 6.45) is -4.55. The Kier molecular flexibility index (Phi) is 7.59. The van der Waals surface area contributed by atoms with Crippen LogP contribution >= 0.6 is 0 Å². The minimum absolute atomic E-state index is 0.258. The highest BCUT2D eigenvalue weighted by molar-refractivity contribution is 6.10. The fourth-order valence-electron chi connectivity index (χ4n) is 6.34. The van der Waals surface area contributed by atoms with Crippen molar-refractivity contribution in [1.29, 1.82) is 10.5 Å². The molecule has 0 bridgehead atoms. The molecule has 0 aliphatic rings. The van der Waals surface area contributed by atoms with Crippen LogP contribution in [0.15, 0.2) is 140 Å². The monoisotopic (exact) mass is 668 g/mol. The molecule has 0 amide bonds. The predicted octanol–water partition coefficient (Wildman–Crippen LogP) is 10.4. The Morgan fingerprint density at radius 3 is 1.55 bits per heavy atom. The largest absolute Gasteiger partial charge is 0.416 e. The zero-order valence-electron chi connectivity index (χ0n) is 26.6. The molecule has 242 valence electrons. The van der Waals surface area contributed by atoms with E-state index in [2.05, 4.69) is 12.1 Å². The summed E-state index contributed by atoms with van der Waals surface area (Å²) in [5.41, 5.74) is 4.95. The molecule has 0 saturated heterocycles. The number of nitriles is 2. The van der Waals surface area contributed by atoms with Gasteiger partial charge in [-0.15, -0.1) is 0 Å². The van der Waals surface area contributed by atoms with Gasteiger partial charge in [-0.25, -0.2) is 15.0 Å². The third kappa shape index (κ3) is 5.73.